The summed E-state index contributed by atoms with van der Waals surface area (Å²) in [4.78, 5) is 7.24. The Labute approximate surface area is 315 Å². The Balaban J connectivity index is 1.04. The highest BCUT2D eigenvalue weighted by Crippen LogP contribution is 2.43. The Morgan fingerprint density at radius 3 is 1.94 bits per heavy atom. The zero-order chi connectivity index (χ0) is 36.2. The third kappa shape index (κ3) is 5.24. The van der Waals surface area contributed by atoms with Crippen LogP contribution >= 0.6 is 0 Å². The van der Waals surface area contributed by atoms with E-state index in [2.05, 4.69) is 205 Å². The second-order valence-corrected chi connectivity index (χ2v) is 14.1. The van der Waals surface area contributed by atoms with Crippen molar-refractivity contribution in [1.82, 2.24) is 9.55 Å². The molecular weight excluding hydrogens is 655 g/mol. The van der Waals surface area contributed by atoms with E-state index in [1.807, 2.05) is 6.20 Å². The fourth-order valence-corrected chi connectivity index (χ4v) is 8.26. The normalized spacial score (nSPS) is 11.8. The number of aromatic nitrogens is 2. The molecule has 2 heterocycles. The molecule has 0 atom stereocenters. The summed E-state index contributed by atoms with van der Waals surface area (Å²) >= 11 is 0. The molecule has 0 amide bonds. The van der Waals surface area contributed by atoms with Crippen LogP contribution in [0, 0.1) is 13.8 Å². The molecule has 0 fully saturated rings. The van der Waals surface area contributed by atoms with Crippen molar-refractivity contribution in [3.05, 3.63) is 198 Å². The highest BCUT2D eigenvalue weighted by Gasteiger charge is 2.19. The largest absolute Gasteiger partial charge is 0.309 e. The van der Waals surface area contributed by atoms with E-state index in [1.54, 1.807) is 0 Å². The fourth-order valence-electron chi connectivity index (χ4n) is 8.26. The second-order valence-electron chi connectivity index (χ2n) is 14.1. The van der Waals surface area contributed by atoms with Gasteiger partial charge in [0, 0.05) is 27.8 Å². The lowest BCUT2D eigenvalue weighted by Crippen LogP contribution is -2.12. The molecule has 0 saturated carbocycles. The number of rotatable bonds is 7. The summed E-state index contributed by atoms with van der Waals surface area (Å²) < 4.78 is 2.42. The molecule has 3 nitrogen and oxygen atoms in total. The molecule has 0 aliphatic heterocycles. The van der Waals surface area contributed by atoms with Gasteiger partial charge in [0.25, 0.3) is 0 Å². The van der Waals surface area contributed by atoms with Crippen molar-refractivity contribution in [3.8, 4) is 16.8 Å². The smallest absolute Gasteiger partial charge is 0.0645 e. The molecule has 0 spiro atoms. The standard InChI is InChI=1S/C51H37N3/c1-34-13-6-10-20-46(34)54(47-21-11-7-14-35(47)2)42-29-28-40(52-33-42)27-25-36-26-30-44(45-19-9-8-18-43(36)45)39-31-38-24-23-37-15-12-22-48-50(37)51(38)49(32-39)53(48)41-16-4-3-5-17-41/h3-33H,1-2H3/b27-25+. The van der Waals surface area contributed by atoms with Gasteiger partial charge in [-0.3, -0.25) is 4.98 Å². The Bertz CT molecular complexity index is 2960. The van der Waals surface area contributed by atoms with E-state index in [4.69, 9.17) is 4.98 Å². The van der Waals surface area contributed by atoms with Gasteiger partial charge in [0.1, 0.15) is 0 Å². The predicted molar refractivity (Wildman–Crippen MR) is 230 cm³/mol. The molecule has 54 heavy (non-hydrogen) atoms. The van der Waals surface area contributed by atoms with Crippen LogP contribution < -0.4 is 4.90 Å². The van der Waals surface area contributed by atoms with Crippen molar-refractivity contribution in [1.29, 1.82) is 0 Å². The van der Waals surface area contributed by atoms with Gasteiger partial charge in [-0.15, -0.1) is 0 Å². The van der Waals surface area contributed by atoms with Crippen LogP contribution in [0.25, 0.3) is 72.3 Å². The average molecular weight is 692 g/mol. The summed E-state index contributed by atoms with van der Waals surface area (Å²) in [5, 5.41) is 7.61. The molecule has 8 aromatic carbocycles. The number of para-hydroxylation sites is 3. The van der Waals surface area contributed by atoms with E-state index in [0.717, 1.165) is 28.3 Å². The molecule has 256 valence electrons. The van der Waals surface area contributed by atoms with E-state index in [-0.39, 0.29) is 0 Å². The van der Waals surface area contributed by atoms with Crippen molar-refractivity contribution < 1.29 is 0 Å². The minimum Gasteiger partial charge on any atom is -0.309 e. The molecule has 0 bridgehead atoms. The molecule has 0 aliphatic rings. The number of hydrogen-bond donors (Lipinski definition) is 0. The zero-order valence-corrected chi connectivity index (χ0v) is 30.2. The summed E-state index contributed by atoms with van der Waals surface area (Å²) in [5.74, 6) is 0. The minimum absolute atomic E-state index is 0.908. The molecule has 0 N–H and O–H groups in total. The fraction of sp³-hybridized carbons (Fsp3) is 0.0392. The van der Waals surface area contributed by atoms with Gasteiger partial charge in [-0.25, -0.2) is 0 Å². The molecule has 0 unspecified atom stereocenters. The topological polar surface area (TPSA) is 21.1 Å². The van der Waals surface area contributed by atoms with E-state index in [0.29, 0.717) is 0 Å². The maximum absolute atomic E-state index is 4.94. The van der Waals surface area contributed by atoms with E-state index in [9.17, 15) is 0 Å². The summed E-state index contributed by atoms with van der Waals surface area (Å²) in [6.45, 7) is 4.32. The van der Waals surface area contributed by atoms with Crippen LogP contribution in [0.2, 0.25) is 0 Å². The van der Waals surface area contributed by atoms with Crippen molar-refractivity contribution in [2.45, 2.75) is 13.8 Å². The minimum atomic E-state index is 0.908. The number of anilines is 3. The van der Waals surface area contributed by atoms with Crippen molar-refractivity contribution in [2.24, 2.45) is 0 Å². The zero-order valence-electron chi connectivity index (χ0n) is 30.2. The Kier molecular flexibility index (Phi) is 7.59. The Morgan fingerprint density at radius 1 is 0.519 bits per heavy atom. The van der Waals surface area contributed by atoms with Crippen LogP contribution in [0.4, 0.5) is 17.1 Å². The lowest BCUT2D eigenvalue weighted by Gasteiger charge is -2.28. The van der Waals surface area contributed by atoms with Gasteiger partial charge in [-0.2, -0.15) is 0 Å². The van der Waals surface area contributed by atoms with Gasteiger partial charge in [-0.1, -0.05) is 121 Å². The van der Waals surface area contributed by atoms with E-state index < -0.39 is 0 Å². The van der Waals surface area contributed by atoms with Gasteiger partial charge >= 0.3 is 0 Å². The first-order chi connectivity index (χ1) is 26.6. The molecule has 0 aliphatic carbocycles. The molecule has 0 radical (unpaired) electrons. The summed E-state index contributed by atoms with van der Waals surface area (Å²) in [5.41, 5.74) is 13.9. The van der Waals surface area contributed by atoms with Gasteiger partial charge in [-0.05, 0) is 124 Å². The molecular formula is C51H37N3. The third-order valence-corrected chi connectivity index (χ3v) is 10.9. The van der Waals surface area contributed by atoms with Crippen LogP contribution in [0.5, 0.6) is 0 Å². The quantitative estimate of drug-likeness (QED) is 0.155. The van der Waals surface area contributed by atoms with Crippen LogP contribution in [0.15, 0.2) is 176 Å². The maximum Gasteiger partial charge on any atom is 0.0645 e. The first kappa shape index (κ1) is 31.7. The van der Waals surface area contributed by atoms with Crippen molar-refractivity contribution in [2.75, 3.05) is 4.90 Å². The van der Waals surface area contributed by atoms with Crippen LogP contribution in [-0.4, -0.2) is 9.55 Å². The molecule has 10 aromatic rings. The first-order valence-corrected chi connectivity index (χ1v) is 18.5. The first-order valence-electron chi connectivity index (χ1n) is 18.5. The predicted octanol–water partition coefficient (Wildman–Crippen LogP) is 13.8. The van der Waals surface area contributed by atoms with E-state index in [1.165, 1.54) is 71.3 Å². The number of pyridine rings is 1. The highest BCUT2D eigenvalue weighted by molar-refractivity contribution is 6.25. The molecule has 0 saturated heterocycles. The average Bonchev–Trinajstić information content (AvgIpc) is 3.56. The number of nitrogens with zero attached hydrogens (tertiary/aromatic N) is 3. The number of fused-ring (bicyclic) bond motifs is 1. The second kappa shape index (κ2) is 12.9. The summed E-state index contributed by atoms with van der Waals surface area (Å²) in [6.07, 6.45) is 6.29. The van der Waals surface area contributed by atoms with E-state index >= 15 is 0 Å². The molecule has 10 rings (SSSR count). The summed E-state index contributed by atoms with van der Waals surface area (Å²) in [6, 6.07) is 61.2. The van der Waals surface area contributed by atoms with Crippen LogP contribution in [0.1, 0.15) is 22.4 Å². The van der Waals surface area contributed by atoms with Gasteiger partial charge in [0.05, 0.1) is 28.6 Å². The van der Waals surface area contributed by atoms with Crippen molar-refractivity contribution >= 4 is 72.6 Å². The maximum atomic E-state index is 4.94. The molecule has 3 heteroatoms. The number of benzene rings is 8. The van der Waals surface area contributed by atoms with Crippen LogP contribution in [-0.2, 0) is 0 Å². The highest BCUT2D eigenvalue weighted by atomic mass is 15.2. The van der Waals surface area contributed by atoms with Gasteiger partial charge in [0.15, 0.2) is 0 Å². The van der Waals surface area contributed by atoms with Gasteiger partial charge in [0.2, 0.25) is 0 Å². The lowest BCUT2D eigenvalue weighted by molar-refractivity contribution is 1.18. The number of hydrogen-bond acceptors (Lipinski definition) is 2. The lowest BCUT2D eigenvalue weighted by atomic mass is 9.92. The van der Waals surface area contributed by atoms with Gasteiger partial charge < -0.3 is 9.47 Å². The SMILES string of the molecule is Cc1ccccc1N(c1ccc(/C=C/c2ccc(-c3cc4ccc5cccc6c5c4c(c3)n6-c3ccccc3)c3ccccc23)nc1)c1ccccc1C. The third-order valence-electron chi connectivity index (χ3n) is 10.9. The Morgan fingerprint density at radius 2 is 1.20 bits per heavy atom. The summed E-state index contributed by atoms with van der Waals surface area (Å²) in [7, 11) is 0. The number of aryl methyl sites for hydroxylation is 2. The van der Waals surface area contributed by atoms with Crippen LogP contribution in [0.3, 0.4) is 0 Å². The van der Waals surface area contributed by atoms with Crippen molar-refractivity contribution in [3.63, 3.8) is 0 Å². The Hall–Kier alpha value is -6.97. The monoisotopic (exact) mass is 691 g/mol. The molecule has 2 aromatic heterocycles.